The van der Waals surface area contributed by atoms with Crippen molar-refractivity contribution >= 4 is 0 Å². The summed E-state index contributed by atoms with van der Waals surface area (Å²) in [5.41, 5.74) is 1.08. The van der Waals surface area contributed by atoms with E-state index in [0.29, 0.717) is 18.0 Å². The summed E-state index contributed by atoms with van der Waals surface area (Å²) in [5, 5.41) is 12.6. The molecule has 1 fully saturated rings. The molecule has 0 amide bonds. The lowest BCUT2D eigenvalue weighted by Crippen LogP contribution is -2.31. The van der Waals surface area contributed by atoms with Gasteiger partial charge in [-0.25, -0.2) is 0 Å². The van der Waals surface area contributed by atoms with Crippen molar-refractivity contribution in [3.8, 4) is 23.3 Å². The van der Waals surface area contributed by atoms with Gasteiger partial charge in [-0.15, -0.1) is 0 Å². The number of nitriles is 1. The Hall–Kier alpha value is -1.93. The molecule has 1 aliphatic carbocycles. The lowest BCUT2D eigenvalue weighted by Gasteiger charge is -2.16. The van der Waals surface area contributed by atoms with Gasteiger partial charge in [-0.2, -0.15) is 5.26 Å². The Morgan fingerprint density at radius 1 is 1.40 bits per heavy atom. The number of hydrogen-bond acceptors (Lipinski definition) is 5. The molecule has 1 saturated carbocycles. The number of benzene rings is 1. The highest BCUT2D eigenvalue weighted by Crippen LogP contribution is 2.41. The average molecular weight is 274 g/mol. The van der Waals surface area contributed by atoms with Crippen molar-refractivity contribution in [1.82, 2.24) is 5.32 Å². The molecule has 0 bridgehead atoms. The molecule has 0 saturated heterocycles. The Labute approximate surface area is 118 Å². The third kappa shape index (κ3) is 2.39. The third-order valence-corrected chi connectivity index (χ3v) is 3.97. The number of fused-ring (bicyclic) bond motifs is 1. The van der Waals surface area contributed by atoms with Crippen molar-refractivity contribution in [1.29, 1.82) is 5.26 Å². The summed E-state index contributed by atoms with van der Waals surface area (Å²) in [6, 6.07) is 6.59. The highest BCUT2D eigenvalue weighted by Gasteiger charge is 2.27. The number of hydrogen-bond donors (Lipinski definition) is 1. The van der Waals surface area contributed by atoms with Gasteiger partial charge in [-0.05, 0) is 30.5 Å². The van der Waals surface area contributed by atoms with Gasteiger partial charge in [0, 0.05) is 12.6 Å². The first kappa shape index (κ1) is 13.1. The lowest BCUT2D eigenvalue weighted by molar-refractivity contribution is 0.171. The van der Waals surface area contributed by atoms with Crippen LogP contribution in [0, 0.1) is 17.2 Å². The highest BCUT2D eigenvalue weighted by molar-refractivity contribution is 5.55. The largest absolute Gasteiger partial charge is 0.493 e. The second kappa shape index (κ2) is 5.59. The van der Waals surface area contributed by atoms with Crippen LogP contribution < -0.4 is 19.5 Å². The van der Waals surface area contributed by atoms with Gasteiger partial charge in [0.1, 0.15) is 0 Å². The van der Waals surface area contributed by atoms with E-state index in [4.69, 9.17) is 19.5 Å². The van der Waals surface area contributed by atoms with E-state index in [-0.39, 0.29) is 18.8 Å². The zero-order valence-electron chi connectivity index (χ0n) is 11.5. The fraction of sp³-hybridized carbons (Fsp3) is 0.533. The smallest absolute Gasteiger partial charge is 0.231 e. The normalized spacial score (nSPS) is 23.6. The van der Waals surface area contributed by atoms with Crippen LogP contribution in [0.3, 0.4) is 0 Å². The van der Waals surface area contributed by atoms with E-state index in [1.807, 2.05) is 12.1 Å². The molecule has 0 spiro atoms. The molecule has 5 heteroatoms. The van der Waals surface area contributed by atoms with E-state index >= 15 is 0 Å². The van der Waals surface area contributed by atoms with Gasteiger partial charge in [0.15, 0.2) is 11.5 Å². The molecule has 5 nitrogen and oxygen atoms in total. The Bertz CT molecular complexity index is 539. The molecular weight excluding hydrogens is 256 g/mol. The Kier molecular flexibility index (Phi) is 3.66. The molecule has 1 aromatic rings. The predicted molar refractivity (Wildman–Crippen MR) is 72.7 cm³/mol. The summed E-state index contributed by atoms with van der Waals surface area (Å²) in [6.45, 7) is 0.942. The van der Waals surface area contributed by atoms with Crippen molar-refractivity contribution in [2.45, 2.75) is 31.8 Å². The fourth-order valence-electron chi connectivity index (χ4n) is 2.89. The van der Waals surface area contributed by atoms with Crippen LogP contribution in [-0.2, 0) is 6.54 Å². The molecule has 1 N–H and O–H groups in total. The lowest BCUT2D eigenvalue weighted by atomic mass is 10.1. The zero-order chi connectivity index (χ0) is 13.9. The van der Waals surface area contributed by atoms with Crippen LogP contribution in [0.25, 0.3) is 0 Å². The van der Waals surface area contributed by atoms with E-state index in [2.05, 4.69) is 11.4 Å². The number of methoxy groups -OCH3 is 1. The van der Waals surface area contributed by atoms with Gasteiger partial charge in [0.05, 0.1) is 19.1 Å². The topological polar surface area (TPSA) is 63.5 Å². The molecule has 20 heavy (non-hydrogen) atoms. The fourth-order valence-corrected chi connectivity index (χ4v) is 2.89. The number of ether oxygens (including phenoxy) is 3. The van der Waals surface area contributed by atoms with E-state index in [1.165, 1.54) is 0 Å². The van der Waals surface area contributed by atoms with Gasteiger partial charge in [0.25, 0.3) is 0 Å². The van der Waals surface area contributed by atoms with Gasteiger partial charge < -0.3 is 19.5 Å². The van der Waals surface area contributed by atoms with Crippen molar-refractivity contribution in [2.24, 2.45) is 5.92 Å². The minimum atomic E-state index is 0.130. The minimum Gasteiger partial charge on any atom is -0.493 e. The van der Waals surface area contributed by atoms with E-state index in [9.17, 15) is 0 Å². The second-order valence-corrected chi connectivity index (χ2v) is 5.19. The molecule has 106 valence electrons. The first-order valence-electron chi connectivity index (χ1n) is 6.91. The van der Waals surface area contributed by atoms with Crippen LogP contribution in [0.2, 0.25) is 0 Å². The average Bonchev–Trinajstić information content (AvgIpc) is 3.12. The Morgan fingerprint density at radius 3 is 3.10 bits per heavy atom. The molecular formula is C15H18N2O3. The monoisotopic (exact) mass is 274 g/mol. The van der Waals surface area contributed by atoms with Gasteiger partial charge >= 0.3 is 0 Å². The SMILES string of the molecule is COc1cc(CNC2CCCC2C#N)cc2c1OCO2. The molecule has 2 aliphatic rings. The quantitative estimate of drug-likeness (QED) is 0.912. The zero-order valence-corrected chi connectivity index (χ0v) is 11.5. The van der Waals surface area contributed by atoms with Crippen LogP contribution in [0.4, 0.5) is 0 Å². The van der Waals surface area contributed by atoms with Crippen LogP contribution in [0.15, 0.2) is 12.1 Å². The molecule has 1 aliphatic heterocycles. The van der Waals surface area contributed by atoms with Crippen molar-refractivity contribution < 1.29 is 14.2 Å². The Balaban J connectivity index is 1.70. The van der Waals surface area contributed by atoms with Crippen molar-refractivity contribution in [3.63, 3.8) is 0 Å². The molecule has 1 aromatic carbocycles. The van der Waals surface area contributed by atoms with Crippen LogP contribution in [-0.4, -0.2) is 19.9 Å². The van der Waals surface area contributed by atoms with Crippen LogP contribution in [0.5, 0.6) is 17.2 Å². The van der Waals surface area contributed by atoms with Crippen molar-refractivity contribution in [3.05, 3.63) is 17.7 Å². The maximum Gasteiger partial charge on any atom is 0.231 e. The number of nitrogens with one attached hydrogen (secondary N) is 1. The highest BCUT2D eigenvalue weighted by atomic mass is 16.7. The molecule has 2 atom stereocenters. The molecule has 3 rings (SSSR count). The Morgan fingerprint density at radius 2 is 2.30 bits per heavy atom. The molecule has 0 aromatic heterocycles. The van der Waals surface area contributed by atoms with Crippen LogP contribution in [0.1, 0.15) is 24.8 Å². The van der Waals surface area contributed by atoms with Gasteiger partial charge in [-0.1, -0.05) is 6.42 Å². The summed E-state index contributed by atoms with van der Waals surface area (Å²) in [7, 11) is 1.62. The number of nitrogens with zero attached hydrogens (tertiary/aromatic N) is 1. The first-order valence-corrected chi connectivity index (χ1v) is 6.91. The molecule has 0 radical (unpaired) electrons. The number of rotatable bonds is 4. The van der Waals surface area contributed by atoms with Crippen molar-refractivity contribution in [2.75, 3.05) is 13.9 Å². The summed E-state index contributed by atoms with van der Waals surface area (Å²) in [4.78, 5) is 0. The van der Waals surface area contributed by atoms with E-state index in [1.54, 1.807) is 7.11 Å². The summed E-state index contributed by atoms with van der Waals surface area (Å²) >= 11 is 0. The second-order valence-electron chi connectivity index (χ2n) is 5.19. The molecule has 2 unspecified atom stereocenters. The summed E-state index contributed by atoms with van der Waals surface area (Å²) in [5.74, 6) is 2.22. The maximum atomic E-state index is 9.10. The van der Waals surface area contributed by atoms with E-state index in [0.717, 1.165) is 30.6 Å². The third-order valence-electron chi connectivity index (χ3n) is 3.97. The summed E-state index contributed by atoms with van der Waals surface area (Å²) < 4.78 is 16.1. The maximum absolute atomic E-state index is 9.10. The standard InChI is InChI=1S/C15H18N2O3/c1-18-13-5-10(6-14-15(13)20-9-19-14)8-17-12-4-2-3-11(12)7-16/h5-6,11-12,17H,2-4,8-9H2,1H3. The predicted octanol–water partition coefficient (Wildman–Crippen LogP) is 2.21. The minimum absolute atomic E-state index is 0.130. The summed E-state index contributed by atoms with van der Waals surface area (Å²) in [6.07, 6.45) is 3.19. The van der Waals surface area contributed by atoms with Gasteiger partial charge in [0.2, 0.25) is 12.5 Å². The molecule has 1 heterocycles. The van der Waals surface area contributed by atoms with E-state index < -0.39 is 0 Å². The van der Waals surface area contributed by atoms with Gasteiger partial charge in [-0.3, -0.25) is 0 Å². The van der Waals surface area contributed by atoms with Crippen LogP contribution >= 0.6 is 0 Å². The first-order chi connectivity index (χ1) is 9.81.